The molecule has 5 heteroatoms. The second kappa shape index (κ2) is 5.81. The minimum Gasteiger partial charge on any atom is -0.380 e. The van der Waals surface area contributed by atoms with Crippen LogP contribution in [0.5, 0.6) is 0 Å². The third-order valence-corrected chi connectivity index (χ3v) is 4.14. The van der Waals surface area contributed by atoms with Crippen LogP contribution in [0.15, 0.2) is 30.5 Å². The Morgan fingerprint density at radius 3 is 3.15 bits per heavy atom. The van der Waals surface area contributed by atoms with Crippen LogP contribution in [0.1, 0.15) is 12.5 Å². The first-order chi connectivity index (χ1) is 9.74. The summed E-state index contributed by atoms with van der Waals surface area (Å²) >= 11 is 5.48. The number of anilines is 1. The first kappa shape index (κ1) is 13.4. The Balaban J connectivity index is 1.64. The molecule has 106 valence electrons. The van der Waals surface area contributed by atoms with Crippen LogP contribution in [0.2, 0.25) is 0 Å². The maximum absolute atomic E-state index is 5.48. The van der Waals surface area contributed by atoms with Crippen LogP contribution in [0.3, 0.4) is 0 Å². The quantitative estimate of drug-likeness (QED) is 0.685. The van der Waals surface area contributed by atoms with Crippen molar-refractivity contribution in [1.82, 2.24) is 15.5 Å². The van der Waals surface area contributed by atoms with Gasteiger partial charge in [0.25, 0.3) is 0 Å². The molecular weight excluding hydrogens is 268 g/mol. The lowest BCUT2D eigenvalue weighted by atomic mass is 10.1. The van der Waals surface area contributed by atoms with Crippen molar-refractivity contribution < 1.29 is 0 Å². The lowest BCUT2D eigenvalue weighted by Crippen LogP contribution is -2.53. The largest absolute Gasteiger partial charge is 0.380 e. The SMILES string of the molecule is CC1CN(C(=S)N/C=C2/CNc3ccccc32)CCN1. The molecule has 0 aliphatic carbocycles. The summed E-state index contributed by atoms with van der Waals surface area (Å²) in [6.07, 6.45) is 2.04. The third kappa shape index (κ3) is 2.78. The molecule has 20 heavy (non-hydrogen) atoms. The molecule has 1 fully saturated rings. The number of hydrogen-bond acceptors (Lipinski definition) is 3. The average molecular weight is 288 g/mol. The van der Waals surface area contributed by atoms with E-state index in [9.17, 15) is 0 Å². The molecule has 3 rings (SSSR count). The van der Waals surface area contributed by atoms with E-state index in [-0.39, 0.29) is 0 Å². The molecule has 0 saturated carbocycles. The number of rotatable bonds is 1. The summed E-state index contributed by atoms with van der Waals surface area (Å²) in [5.74, 6) is 0. The molecule has 0 spiro atoms. The van der Waals surface area contributed by atoms with Gasteiger partial charge in [-0.05, 0) is 30.8 Å². The van der Waals surface area contributed by atoms with Gasteiger partial charge in [0.15, 0.2) is 5.11 Å². The fraction of sp³-hybridized carbons (Fsp3) is 0.400. The van der Waals surface area contributed by atoms with E-state index in [0.717, 1.165) is 31.3 Å². The molecule has 2 aliphatic heterocycles. The molecule has 1 atom stereocenters. The minimum atomic E-state index is 0.491. The predicted octanol–water partition coefficient (Wildman–Crippen LogP) is 1.62. The lowest BCUT2D eigenvalue weighted by Gasteiger charge is -2.33. The number of benzene rings is 1. The fourth-order valence-corrected chi connectivity index (χ4v) is 2.91. The molecule has 3 N–H and O–H groups in total. The Morgan fingerprint density at radius 2 is 2.30 bits per heavy atom. The molecule has 4 nitrogen and oxygen atoms in total. The molecule has 0 radical (unpaired) electrons. The van der Waals surface area contributed by atoms with E-state index in [4.69, 9.17) is 12.2 Å². The van der Waals surface area contributed by atoms with Crippen LogP contribution < -0.4 is 16.0 Å². The molecule has 1 unspecified atom stereocenters. The van der Waals surface area contributed by atoms with E-state index in [1.165, 1.54) is 16.8 Å². The van der Waals surface area contributed by atoms with E-state index >= 15 is 0 Å². The molecule has 1 saturated heterocycles. The number of hydrogen-bond donors (Lipinski definition) is 3. The second-order valence-electron chi connectivity index (χ2n) is 5.32. The zero-order chi connectivity index (χ0) is 13.9. The van der Waals surface area contributed by atoms with Gasteiger partial charge in [-0.2, -0.15) is 0 Å². The zero-order valence-electron chi connectivity index (χ0n) is 11.6. The molecule has 2 aliphatic rings. The lowest BCUT2D eigenvalue weighted by molar-refractivity contribution is 0.302. The van der Waals surface area contributed by atoms with Crippen LogP contribution >= 0.6 is 12.2 Å². The van der Waals surface area contributed by atoms with Gasteiger partial charge in [-0.3, -0.25) is 0 Å². The standard InChI is InChI=1S/C15H20N4S/c1-11-10-19(7-6-16-11)15(20)18-9-12-8-17-14-5-3-2-4-13(12)14/h2-5,9,11,16-17H,6-8,10H2,1H3,(H,18,20)/b12-9-. The summed E-state index contributed by atoms with van der Waals surface area (Å²) in [5.41, 5.74) is 3.71. The highest BCUT2D eigenvalue weighted by Crippen LogP contribution is 2.29. The van der Waals surface area contributed by atoms with Gasteiger partial charge < -0.3 is 20.9 Å². The Labute approximate surface area is 125 Å². The summed E-state index contributed by atoms with van der Waals surface area (Å²) in [7, 11) is 0. The third-order valence-electron chi connectivity index (χ3n) is 3.77. The topological polar surface area (TPSA) is 39.3 Å². The van der Waals surface area contributed by atoms with Crippen molar-refractivity contribution in [2.24, 2.45) is 0 Å². The van der Waals surface area contributed by atoms with Gasteiger partial charge in [-0.15, -0.1) is 0 Å². The Hall–Kier alpha value is -1.59. The van der Waals surface area contributed by atoms with Gasteiger partial charge in [0.1, 0.15) is 0 Å². The minimum absolute atomic E-state index is 0.491. The predicted molar refractivity (Wildman–Crippen MR) is 87.7 cm³/mol. The van der Waals surface area contributed by atoms with Gasteiger partial charge in [-0.25, -0.2) is 0 Å². The Bertz CT molecular complexity index is 540. The van der Waals surface area contributed by atoms with Crippen molar-refractivity contribution in [3.05, 3.63) is 36.0 Å². The first-order valence-corrected chi connectivity index (χ1v) is 7.46. The maximum atomic E-state index is 5.48. The summed E-state index contributed by atoms with van der Waals surface area (Å²) in [6.45, 7) is 5.96. The number of thiocarbonyl (C=S) groups is 1. The summed E-state index contributed by atoms with van der Waals surface area (Å²) in [5, 5.41) is 10.9. The van der Waals surface area contributed by atoms with Gasteiger partial charge in [-0.1, -0.05) is 18.2 Å². The van der Waals surface area contributed by atoms with Crippen LogP contribution in [-0.2, 0) is 0 Å². The first-order valence-electron chi connectivity index (χ1n) is 7.05. The van der Waals surface area contributed by atoms with E-state index in [1.54, 1.807) is 0 Å². The molecule has 0 aromatic heterocycles. The highest BCUT2D eigenvalue weighted by molar-refractivity contribution is 7.80. The van der Waals surface area contributed by atoms with Crippen molar-refractivity contribution in [2.75, 3.05) is 31.5 Å². The molecule has 0 bridgehead atoms. The van der Waals surface area contributed by atoms with E-state index < -0.39 is 0 Å². The monoisotopic (exact) mass is 288 g/mol. The van der Waals surface area contributed by atoms with Crippen molar-refractivity contribution >= 4 is 28.6 Å². The van der Waals surface area contributed by atoms with Crippen molar-refractivity contribution in [2.45, 2.75) is 13.0 Å². The van der Waals surface area contributed by atoms with E-state index in [0.29, 0.717) is 6.04 Å². The van der Waals surface area contributed by atoms with Gasteiger partial charge >= 0.3 is 0 Å². The highest BCUT2D eigenvalue weighted by atomic mass is 32.1. The fourth-order valence-electron chi connectivity index (χ4n) is 2.69. The van der Waals surface area contributed by atoms with Crippen molar-refractivity contribution in [3.63, 3.8) is 0 Å². The smallest absolute Gasteiger partial charge is 0.173 e. The van der Waals surface area contributed by atoms with Crippen LogP contribution in [0, 0.1) is 0 Å². The molecule has 1 aromatic rings. The summed E-state index contributed by atoms with van der Waals surface area (Å²) in [6, 6.07) is 8.85. The molecule has 0 amide bonds. The summed E-state index contributed by atoms with van der Waals surface area (Å²) in [4.78, 5) is 2.22. The number of nitrogens with zero attached hydrogens (tertiary/aromatic N) is 1. The van der Waals surface area contributed by atoms with Crippen LogP contribution in [0.25, 0.3) is 5.57 Å². The van der Waals surface area contributed by atoms with Gasteiger partial charge in [0.2, 0.25) is 0 Å². The number of piperazine rings is 1. The highest BCUT2D eigenvalue weighted by Gasteiger charge is 2.18. The molecule has 1 aromatic carbocycles. The summed E-state index contributed by atoms with van der Waals surface area (Å²) < 4.78 is 0. The zero-order valence-corrected chi connectivity index (χ0v) is 12.5. The normalized spacial score (nSPS) is 23.4. The number of nitrogens with one attached hydrogen (secondary N) is 3. The van der Waals surface area contributed by atoms with Crippen molar-refractivity contribution in [1.29, 1.82) is 0 Å². The second-order valence-corrected chi connectivity index (χ2v) is 5.71. The average Bonchev–Trinajstić information content (AvgIpc) is 2.88. The Morgan fingerprint density at radius 1 is 1.45 bits per heavy atom. The van der Waals surface area contributed by atoms with Crippen LogP contribution in [0.4, 0.5) is 5.69 Å². The number of para-hydroxylation sites is 1. The van der Waals surface area contributed by atoms with Crippen molar-refractivity contribution in [3.8, 4) is 0 Å². The molecular formula is C15H20N4S. The van der Waals surface area contributed by atoms with E-state index in [1.807, 2.05) is 6.20 Å². The van der Waals surface area contributed by atoms with Crippen LogP contribution in [-0.4, -0.2) is 42.2 Å². The maximum Gasteiger partial charge on any atom is 0.173 e. The number of fused-ring (bicyclic) bond motifs is 1. The Kier molecular flexibility index (Phi) is 3.89. The molecule has 2 heterocycles. The van der Waals surface area contributed by atoms with Gasteiger partial charge in [0.05, 0.1) is 0 Å². The van der Waals surface area contributed by atoms with Gasteiger partial charge in [0, 0.05) is 49.7 Å². The van der Waals surface area contributed by atoms with E-state index in [2.05, 4.69) is 52.0 Å².